The van der Waals surface area contributed by atoms with E-state index in [1.165, 1.54) is 5.39 Å². The zero-order valence-corrected chi connectivity index (χ0v) is 14.0. The lowest BCUT2D eigenvalue weighted by Gasteiger charge is -2.11. The molecule has 0 saturated carbocycles. The van der Waals surface area contributed by atoms with Crippen molar-refractivity contribution in [1.29, 1.82) is 0 Å². The van der Waals surface area contributed by atoms with Crippen LogP contribution in [0.2, 0.25) is 10.0 Å². The van der Waals surface area contributed by atoms with E-state index >= 15 is 0 Å². The molecule has 21 heavy (non-hydrogen) atoms. The number of benzene rings is 3. The fourth-order valence-electron chi connectivity index (χ4n) is 2.12. The third-order valence-corrected chi connectivity index (χ3v) is 4.63. The zero-order chi connectivity index (χ0) is 14.8. The second kappa shape index (κ2) is 6.27. The van der Waals surface area contributed by atoms with Gasteiger partial charge >= 0.3 is 0 Å². The number of hydrogen-bond acceptors (Lipinski definition) is 1. The highest BCUT2D eigenvalue weighted by atomic mass is 79.9. The van der Waals surface area contributed by atoms with Crippen LogP contribution in [0.25, 0.3) is 10.8 Å². The summed E-state index contributed by atoms with van der Waals surface area (Å²) < 4.78 is 6.83. The molecule has 1 nitrogen and oxygen atoms in total. The predicted molar refractivity (Wildman–Crippen MR) is 92.4 cm³/mol. The molecule has 3 aromatic rings. The van der Waals surface area contributed by atoms with Gasteiger partial charge in [0, 0.05) is 15.6 Å². The van der Waals surface area contributed by atoms with Crippen molar-refractivity contribution in [3.8, 4) is 5.75 Å². The Morgan fingerprint density at radius 1 is 0.952 bits per heavy atom. The number of ether oxygens (including phenoxy) is 1. The van der Waals surface area contributed by atoms with Crippen molar-refractivity contribution in [3.05, 3.63) is 74.7 Å². The molecule has 0 aliphatic heterocycles. The van der Waals surface area contributed by atoms with Crippen molar-refractivity contribution in [3.63, 3.8) is 0 Å². The van der Waals surface area contributed by atoms with Gasteiger partial charge in [-0.05, 0) is 44.9 Å². The van der Waals surface area contributed by atoms with Crippen molar-refractivity contribution in [2.75, 3.05) is 0 Å². The van der Waals surface area contributed by atoms with Gasteiger partial charge in [-0.2, -0.15) is 0 Å². The van der Waals surface area contributed by atoms with Gasteiger partial charge in [0.1, 0.15) is 12.4 Å². The van der Waals surface area contributed by atoms with E-state index in [1.807, 2.05) is 36.4 Å². The normalized spacial score (nSPS) is 10.8. The second-order valence-electron chi connectivity index (χ2n) is 4.62. The quantitative estimate of drug-likeness (QED) is 0.503. The first-order chi connectivity index (χ1) is 10.1. The van der Waals surface area contributed by atoms with E-state index in [-0.39, 0.29) is 0 Å². The van der Waals surface area contributed by atoms with Crippen LogP contribution >= 0.6 is 39.1 Å². The Kier molecular flexibility index (Phi) is 4.39. The van der Waals surface area contributed by atoms with E-state index in [0.29, 0.717) is 16.7 Å². The minimum absolute atomic E-state index is 0.396. The van der Waals surface area contributed by atoms with Gasteiger partial charge in [0.05, 0.1) is 4.47 Å². The van der Waals surface area contributed by atoms with Crippen molar-refractivity contribution >= 4 is 49.9 Å². The van der Waals surface area contributed by atoms with Crippen LogP contribution in [0.1, 0.15) is 5.56 Å². The molecule has 0 fully saturated rings. The standard InChI is InChI=1S/C17H11BrCl2O/c18-17-14-4-2-1-3-11(14)6-8-16(17)21-10-12-5-7-13(19)9-15(12)20/h1-9H,10H2. The molecule has 0 bridgehead atoms. The van der Waals surface area contributed by atoms with Crippen LogP contribution in [0.4, 0.5) is 0 Å². The molecule has 3 rings (SSSR count). The summed E-state index contributed by atoms with van der Waals surface area (Å²) in [5.74, 6) is 0.791. The summed E-state index contributed by atoms with van der Waals surface area (Å²) in [6.07, 6.45) is 0. The number of hydrogen-bond donors (Lipinski definition) is 0. The molecule has 0 saturated heterocycles. The molecule has 3 aromatic carbocycles. The first-order valence-corrected chi connectivity index (χ1v) is 7.94. The highest BCUT2D eigenvalue weighted by Gasteiger charge is 2.07. The van der Waals surface area contributed by atoms with Crippen molar-refractivity contribution < 1.29 is 4.74 Å². The third-order valence-electron chi connectivity index (χ3n) is 3.23. The number of fused-ring (bicyclic) bond motifs is 1. The summed E-state index contributed by atoms with van der Waals surface area (Å²) in [4.78, 5) is 0. The average molecular weight is 382 g/mol. The minimum Gasteiger partial charge on any atom is -0.488 e. The fourth-order valence-corrected chi connectivity index (χ4v) is 3.19. The number of halogens is 3. The Balaban J connectivity index is 1.87. The van der Waals surface area contributed by atoms with E-state index < -0.39 is 0 Å². The molecule has 0 aliphatic rings. The smallest absolute Gasteiger partial charge is 0.134 e. The molecule has 0 aliphatic carbocycles. The molecule has 0 aromatic heterocycles. The van der Waals surface area contributed by atoms with Crippen molar-refractivity contribution in [2.24, 2.45) is 0 Å². The summed E-state index contributed by atoms with van der Waals surface area (Å²) in [5.41, 5.74) is 0.904. The first kappa shape index (κ1) is 14.7. The highest BCUT2D eigenvalue weighted by Crippen LogP contribution is 2.34. The van der Waals surface area contributed by atoms with Gasteiger partial charge in [0.25, 0.3) is 0 Å². The van der Waals surface area contributed by atoms with Crippen LogP contribution in [-0.2, 0) is 6.61 Å². The SMILES string of the molecule is Clc1ccc(COc2ccc3ccccc3c2Br)c(Cl)c1. The van der Waals surface area contributed by atoms with Gasteiger partial charge in [-0.3, -0.25) is 0 Å². The summed E-state index contributed by atoms with van der Waals surface area (Å²) in [5, 5.41) is 3.52. The van der Waals surface area contributed by atoms with E-state index in [9.17, 15) is 0 Å². The first-order valence-electron chi connectivity index (χ1n) is 6.39. The van der Waals surface area contributed by atoms with Gasteiger partial charge in [-0.25, -0.2) is 0 Å². The topological polar surface area (TPSA) is 9.23 Å². The minimum atomic E-state index is 0.396. The summed E-state index contributed by atoms with van der Waals surface area (Å²) in [7, 11) is 0. The summed E-state index contributed by atoms with van der Waals surface area (Å²) in [6.45, 7) is 0.396. The van der Waals surface area contributed by atoms with Gasteiger partial charge < -0.3 is 4.74 Å². The Morgan fingerprint density at radius 2 is 1.76 bits per heavy atom. The summed E-state index contributed by atoms with van der Waals surface area (Å²) >= 11 is 15.7. The molecule has 4 heteroatoms. The van der Waals surface area contributed by atoms with Gasteiger partial charge in [0.15, 0.2) is 0 Å². The van der Waals surface area contributed by atoms with E-state index in [4.69, 9.17) is 27.9 Å². The second-order valence-corrected chi connectivity index (χ2v) is 6.26. The van der Waals surface area contributed by atoms with Crippen LogP contribution in [0.3, 0.4) is 0 Å². The Morgan fingerprint density at radius 3 is 2.57 bits per heavy atom. The molecule has 0 radical (unpaired) electrons. The van der Waals surface area contributed by atoms with Gasteiger partial charge in [-0.1, -0.05) is 59.6 Å². The molecule has 0 heterocycles. The van der Waals surface area contributed by atoms with E-state index in [0.717, 1.165) is 21.2 Å². The average Bonchev–Trinajstić information content (AvgIpc) is 2.48. The molecular formula is C17H11BrCl2O. The van der Waals surface area contributed by atoms with Crippen LogP contribution < -0.4 is 4.74 Å². The van der Waals surface area contributed by atoms with E-state index in [1.54, 1.807) is 6.07 Å². The predicted octanol–water partition coefficient (Wildman–Crippen LogP) is 6.49. The third kappa shape index (κ3) is 3.18. The van der Waals surface area contributed by atoms with E-state index in [2.05, 4.69) is 28.1 Å². The lowest BCUT2D eigenvalue weighted by atomic mass is 10.1. The highest BCUT2D eigenvalue weighted by molar-refractivity contribution is 9.10. The van der Waals surface area contributed by atoms with Crippen LogP contribution in [0.15, 0.2) is 59.1 Å². The van der Waals surface area contributed by atoms with Crippen LogP contribution in [0.5, 0.6) is 5.75 Å². The maximum absolute atomic E-state index is 6.15. The zero-order valence-electron chi connectivity index (χ0n) is 10.9. The van der Waals surface area contributed by atoms with Crippen molar-refractivity contribution in [1.82, 2.24) is 0 Å². The molecular weight excluding hydrogens is 371 g/mol. The van der Waals surface area contributed by atoms with Gasteiger partial charge in [-0.15, -0.1) is 0 Å². The molecule has 0 unspecified atom stereocenters. The summed E-state index contributed by atoms with van der Waals surface area (Å²) in [6, 6.07) is 17.5. The Labute approximate surface area is 141 Å². The molecule has 0 atom stereocenters. The molecule has 106 valence electrons. The van der Waals surface area contributed by atoms with Gasteiger partial charge in [0.2, 0.25) is 0 Å². The lowest BCUT2D eigenvalue weighted by Crippen LogP contribution is -1.97. The maximum atomic E-state index is 6.15. The van der Waals surface area contributed by atoms with Crippen LogP contribution in [0, 0.1) is 0 Å². The van der Waals surface area contributed by atoms with Crippen molar-refractivity contribution in [2.45, 2.75) is 6.61 Å². The largest absolute Gasteiger partial charge is 0.488 e. The number of rotatable bonds is 3. The van der Waals surface area contributed by atoms with Crippen LogP contribution in [-0.4, -0.2) is 0 Å². The molecule has 0 N–H and O–H groups in total. The monoisotopic (exact) mass is 380 g/mol. The Hall–Kier alpha value is -1.22. The molecule has 0 amide bonds. The maximum Gasteiger partial charge on any atom is 0.134 e. The lowest BCUT2D eigenvalue weighted by molar-refractivity contribution is 0.305. The Bertz CT molecular complexity index is 802. The molecule has 0 spiro atoms. The fraction of sp³-hybridized carbons (Fsp3) is 0.0588.